The molecule has 0 aliphatic heterocycles. The maximum atomic E-state index is 12.9. The van der Waals surface area contributed by atoms with Crippen molar-refractivity contribution in [3.05, 3.63) is 50.4 Å². The van der Waals surface area contributed by atoms with Gasteiger partial charge in [0.2, 0.25) is 11.9 Å². The molecule has 0 spiro atoms. The number of esters is 1. The zero-order valence-electron chi connectivity index (χ0n) is 19.3. The Hall–Kier alpha value is -2.39. The van der Waals surface area contributed by atoms with Crippen LogP contribution in [0.1, 0.15) is 52.5 Å². The minimum absolute atomic E-state index is 0.145. The third-order valence-electron chi connectivity index (χ3n) is 5.37. The number of hydrogen-bond donors (Lipinski definition) is 1. The van der Waals surface area contributed by atoms with Crippen molar-refractivity contribution in [3.8, 4) is 0 Å². The maximum Gasteiger partial charge on any atom is 0.335 e. The number of amides is 1. The van der Waals surface area contributed by atoms with E-state index in [-0.39, 0.29) is 30.6 Å². The molecule has 0 radical (unpaired) electrons. The first-order valence-corrected chi connectivity index (χ1v) is 11.7. The standard InChI is InChI=1S/C23H32N2O6S/c1-6-16(7-2)31-21-20(24-15(5)26)19(25(28)29)13-18(23(27)30-8-3)22(21)32-17-11-9-14(4)10-12-17/h9-12,16,19-21H,6-8,13H2,1-5H3,(H,24,26)/t19?,20-,21+/m1/s1. The fraction of sp³-hybridized carbons (Fsp3) is 0.565. The molecule has 1 unspecified atom stereocenters. The molecule has 1 aromatic rings. The lowest BCUT2D eigenvalue weighted by Crippen LogP contribution is -2.57. The highest BCUT2D eigenvalue weighted by molar-refractivity contribution is 8.03. The highest BCUT2D eigenvalue weighted by Crippen LogP contribution is 2.41. The van der Waals surface area contributed by atoms with Gasteiger partial charge in [0.25, 0.3) is 0 Å². The zero-order valence-corrected chi connectivity index (χ0v) is 20.1. The van der Waals surface area contributed by atoms with Crippen molar-refractivity contribution < 1.29 is 24.0 Å². The number of rotatable bonds is 10. The van der Waals surface area contributed by atoms with Gasteiger partial charge in [-0.1, -0.05) is 43.3 Å². The molecule has 176 valence electrons. The van der Waals surface area contributed by atoms with Crippen LogP contribution < -0.4 is 5.32 Å². The van der Waals surface area contributed by atoms with Crippen LogP contribution >= 0.6 is 11.8 Å². The van der Waals surface area contributed by atoms with Crippen molar-refractivity contribution in [1.82, 2.24) is 5.32 Å². The summed E-state index contributed by atoms with van der Waals surface area (Å²) in [5.74, 6) is -0.979. The smallest absolute Gasteiger partial charge is 0.335 e. The van der Waals surface area contributed by atoms with Gasteiger partial charge >= 0.3 is 5.97 Å². The summed E-state index contributed by atoms with van der Waals surface area (Å²) in [5.41, 5.74) is 1.32. The van der Waals surface area contributed by atoms with Gasteiger partial charge in [-0.25, -0.2) is 4.79 Å². The summed E-state index contributed by atoms with van der Waals surface area (Å²) in [6, 6.07) is 5.65. The minimum Gasteiger partial charge on any atom is -0.463 e. The van der Waals surface area contributed by atoms with E-state index < -0.39 is 29.1 Å². The molecule has 1 amide bonds. The Bertz CT molecular complexity index is 851. The molecule has 8 nitrogen and oxygen atoms in total. The Morgan fingerprint density at radius 1 is 1.22 bits per heavy atom. The fourth-order valence-corrected chi connectivity index (χ4v) is 4.81. The average Bonchev–Trinajstić information content (AvgIpc) is 2.74. The van der Waals surface area contributed by atoms with Crippen LogP contribution in [0.4, 0.5) is 0 Å². The average molecular weight is 465 g/mol. The number of thioether (sulfide) groups is 1. The first kappa shape index (κ1) is 25.9. The molecule has 32 heavy (non-hydrogen) atoms. The van der Waals surface area contributed by atoms with Gasteiger partial charge in [-0.05, 0) is 38.8 Å². The lowest BCUT2D eigenvalue weighted by Gasteiger charge is -2.37. The van der Waals surface area contributed by atoms with Crippen molar-refractivity contribution in [1.29, 1.82) is 0 Å². The summed E-state index contributed by atoms with van der Waals surface area (Å²) in [5, 5.41) is 14.7. The van der Waals surface area contributed by atoms with Gasteiger partial charge in [0.1, 0.15) is 12.1 Å². The molecule has 1 aliphatic carbocycles. The first-order valence-electron chi connectivity index (χ1n) is 10.9. The number of nitro groups is 1. The molecule has 0 fully saturated rings. The minimum atomic E-state index is -1.21. The molecule has 1 N–H and O–H groups in total. The maximum absolute atomic E-state index is 12.9. The van der Waals surface area contributed by atoms with E-state index >= 15 is 0 Å². The molecular weight excluding hydrogens is 432 g/mol. The van der Waals surface area contributed by atoms with Gasteiger partial charge in [-0.2, -0.15) is 0 Å². The second-order valence-electron chi connectivity index (χ2n) is 7.76. The molecule has 9 heteroatoms. The van der Waals surface area contributed by atoms with Gasteiger partial charge < -0.3 is 14.8 Å². The number of nitrogens with zero attached hydrogens (tertiary/aromatic N) is 1. The molecule has 3 atom stereocenters. The van der Waals surface area contributed by atoms with Crippen molar-refractivity contribution >= 4 is 23.6 Å². The number of ether oxygens (including phenoxy) is 2. The van der Waals surface area contributed by atoms with E-state index in [1.165, 1.54) is 18.7 Å². The van der Waals surface area contributed by atoms with Crippen molar-refractivity contribution in [2.75, 3.05) is 6.61 Å². The van der Waals surface area contributed by atoms with Crippen LogP contribution in [0, 0.1) is 17.0 Å². The third-order valence-corrected chi connectivity index (χ3v) is 6.58. The predicted molar refractivity (Wildman–Crippen MR) is 123 cm³/mol. The second-order valence-corrected chi connectivity index (χ2v) is 8.87. The third kappa shape index (κ3) is 6.56. The molecule has 0 saturated carbocycles. The molecule has 0 aromatic heterocycles. The van der Waals surface area contributed by atoms with Crippen LogP contribution in [0.15, 0.2) is 39.6 Å². The number of aryl methyl sites for hydroxylation is 1. The van der Waals surface area contributed by atoms with E-state index in [1.807, 2.05) is 45.0 Å². The zero-order chi connectivity index (χ0) is 23.8. The summed E-state index contributed by atoms with van der Waals surface area (Å²) in [4.78, 5) is 37.8. The van der Waals surface area contributed by atoms with Crippen LogP contribution in [-0.4, -0.2) is 47.7 Å². The predicted octanol–water partition coefficient (Wildman–Crippen LogP) is 4.03. The Balaban J connectivity index is 2.65. The summed E-state index contributed by atoms with van der Waals surface area (Å²) in [7, 11) is 0. The largest absolute Gasteiger partial charge is 0.463 e. The van der Waals surface area contributed by atoms with Gasteiger partial charge in [-0.3, -0.25) is 14.9 Å². The Labute approximate surface area is 193 Å². The number of benzene rings is 1. The molecule has 0 heterocycles. The number of carbonyl (C=O) groups excluding carboxylic acids is 2. The summed E-state index contributed by atoms with van der Waals surface area (Å²) < 4.78 is 11.6. The van der Waals surface area contributed by atoms with E-state index in [0.29, 0.717) is 17.7 Å². The molecular formula is C23H32N2O6S. The number of nitrogens with one attached hydrogen (secondary N) is 1. The van der Waals surface area contributed by atoms with Gasteiger partial charge in [0.15, 0.2) is 0 Å². The van der Waals surface area contributed by atoms with Crippen LogP contribution in [0.3, 0.4) is 0 Å². The van der Waals surface area contributed by atoms with Crippen molar-refractivity contribution in [2.24, 2.45) is 0 Å². The van der Waals surface area contributed by atoms with E-state index in [0.717, 1.165) is 10.5 Å². The highest BCUT2D eigenvalue weighted by atomic mass is 32.2. The lowest BCUT2D eigenvalue weighted by atomic mass is 9.87. The quantitative estimate of drug-likeness (QED) is 0.316. The Kier molecular flexibility index (Phi) is 9.71. The van der Waals surface area contributed by atoms with Crippen LogP contribution in [0.5, 0.6) is 0 Å². The van der Waals surface area contributed by atoms with Gasteiger partial charge in [0, 0.05) is 21.6 Å². The summed E-state index contributed by atoms with van der Waals surface area (Å²) >= 11 is 1.33. The van der Waals surface area contributed by atoms with Crippen molar-refractivity contribution in [2.45, 2.75) is 83.1 Å². The molecule has 1 aromatic carbocycles. The van der Waals surface area contributed by atoms with Crippen LogP contribution in [0.25, 0.3) is 0 Å². The second kappa shape index (κ2) is 12.0. The molecule has 0 saturated heterocycles. The monoisotopic (exact) mass is 464 g/mol. The Morgan fingerprint density at radius 3 is 2.34 bits per heavy atom. The summed E-state index contributed by atoms with van der Waals surface area (Å²) in [6.07, 6.45) is 0.214. The SMILES string of the molecule is CCOC(=O)C1=C(Sc2ccc(C)cc2)[C@@H](OC(CC)CC)[C@H](NC(C)=O)C([N+](=O)[O-])C1. The highest BCUT2D eigenvalue weighted by Gasteiger charge is 2.48. The molecule has 0 bridgehead atoms. The van der Waals surface area contributed by atoms with Crippen LogP contribution in [0.2, 0.25) is 0 Å². The molecule has 2 rings (SSSR count). The van der Waals surface area contributed by atoms with Gasteiger partial charge in [0.05, 0.1) is 24.7 Å². The first-order chi connectivity index (χ1) is 15.2. The number of hydrogen-bond acceptors (Lipinski definition) is 7. The van der Waals surface area contributed by atoms with E-state index in [9.17, 15) is 19.7 Å². The van der Waals surface area contributed by atoms with E-state index in [4.69, 9.17) is 9.47 Å². The normalized spacial score (nSPS) is 20.9. The van der Waals surface area contributed by atoms with Crippen LogP contribution in [-0.2, 0) is 19.1 Å². The van der Waals surface area contributed by atoms with E-state index in [1.54, 1.807) is 6.92 Å². The topological polar surface area (TPSA) is 108 Å². The lowest BCUT2D eigenvalue weighted by molar-refractivity contribution is -0.528. The van der Waals surface area contributed by atoms with Gasteiger partial charge in [-0.15, -0.1) is 0 Å². The Morgan fingerprint density at radius 2 is 1.84 bits per heavy atom. The summed E-state index contributed by atoms with van der Waals surface area (Å²) in [6.45, 7) is 9.09. The van der Waals surface area contributed by atoms with Crippen molar-refractivity contribution in [3.63, 3.8) is 0 Å². The number of carbonyl (C=O) groups is 2. The fourth-order valence-electron chi connectivity index (χ4n) is 3.68. The van der Waals surface area contributed by atoms with E-state index in [2.05, 4.69) is 5.32 Å². The molecule has 1 aliphatic rings.